The number of likely N-dealkylation sites (N-methyl/N-ethyl adjacent to an activating group) is 1. The molecule has 0 radical (unpaired) electrons. The Labute approximate surface area is 195 Å². The molecule has 0 aliphatic carbocycles. The molecule has 0 unspecified atom stereocenters. The minimum absolute atomic E-state index is 0.116. The molecule has 174 valence electrons. The van der Waals surface area contributed by atoms with Gasteiger partial charge in [-0.1, -0.05) is 48.9 Å². The molecule has 0 aliphatic rings. The van der Waals surface area contributed by atoms with Crippen LogP contribution in [0.2, 0.25) is 5.02 Å². The fourth-order valence-electron chi connectivity index (χ4n) is 3.38. The number of anilines is 1. The van der Waals surface area contributed by atoms with Gasteiger partial charge in [-0.2, -0.15) is 0 Å². The number of nitrogens with zero attached hydrogens (tertiary/aromatic N) is 2. The van der Waals surface area contributed by atoms with Gasteiger partial charge in [-0.3, -0.25) is 13.9 Å². The number of hydrogen-bond acceptors (Lipinski definition) is 4. The molecule has 0 saturated heterocycles. The lowest BCUT2D eigenvalue weighted by Gasteiger charge is -2.32. The number of sulfonamides is 1. The van der Waals surface area contributed by atoms with E-state index in [-0.39, 0.29) is 12.5 Å². The van der Waals surface area contributed by atoms with Gasteiger partial charge in [-0.05, 0) is 49.6 Å². The average molecular weight is 480 g/mol. The van der Waals surface area contributed by atoms with Gasteiger partial charge < -0.3 is 10.2 Å². The standard InChI is InChI=1S/C23H30ClN3O4S/c1-5-19-11-7-8-13-21(19)27(32(4,30)31)16-22(28)26(17(3)23(29)25-6-2)15-18-10-9-12-20(24)14-18/h7-14,17H,5-6,15-16H2,1-4H3,(H,25,29)/t17-/m1/s1. The predicted octanol–water partition coefficient (Wildman–Crippen LogP) is 3.22. The van der Waals surface area contributed by atoms with Crippen molar-refractivity contribution >= 4 is 39.1 Å². The second-order valence-corrected chi connectivity index (χ2v) is 9.82. The highest BCUT2D eigenvalue weighted by Crippen LogP contribution is 2.24. The average Bonchev–Trinajstić information content (AvgIpc) is 2.74. The Morgan fingerprint density at radius 2 is 1.78 bits per heavy atom. The van der Waals surface area contributed by atoms with E-state index >= 15 is 0 Å². The van der Waals surface area contributed by atoms with Gasteiger partial charge in [0, 0.05) is 18.1 Å². The summed E-state index contributed by atoms with van der Waals surface area (Å²) in [4.78, 5) is 27.3. The molecule has 9 heteroatoms. The van der Waals surface area contributed by atoms with Crippen molar-refractivity contribution in [3.8, 4) is 0 Å². The third kappa shape index (κ3) is 6.71. The molecule has 0 bridgehead atoms. The number of carbonyl (C=O) groups is 2. The highest BCUT2D eigenvalue weighted by atomic mass is 35.5. The zero-order valence-electron chi connectivity index (χ0n) is 18.8. The highest BCUT2D eigenvalue weighted by Gasteiger charge is 2.30. The van der Waals surface area contributed by atoms with Crippen LogP contribution in [0.3, 0.4) is 0 Å². The second kappa shape index (κ2) is 11.3. The summed E-state index contributed by atoms with van der Waals surface area (Å²) in [5.41, 5.74) is 2.00. The molecular weight excluding hydrogens is 450 g/mol. The Kier molecular flexibility index (Phi) is 9.09. The summed E-state index contributed by atoms with van der Waals surface area (Å²) in [6.07, 6.45) is 1.68. The highest BCUT2D eigenvalue weighted by molar-refractivity contribution is 7.92. The number of aryl methyl sites for hydroxylation is 1. The largest absolute Gasteiger partial charge is 0.355 e. The van der Waals surface area contributed by atoms with Crippen LogP contribution in [0.1, 0.15) is 31.9 Å². The van der Waals surface area contributed by atoms with Gasteiger partial charge in [0.1, 0.15) is 12.6 Å². The molecule has 0 spiro atoms. The SMILES string of the molecule is CCNC(=O)[C@@H](C)N(Cc1cccc(Cl)c1)C(=O)CN(c1ccccc1CC)S(C)(=O)=O. The van der Waals surface area contributed by atoms with Gasteiger partial charge in [-0.25, -0.2) is 8.42 Å². The first-order chi connectivity index (χ1) is 15.1. The molecular formula is C23H30ClN3O4S. The molecule has 2 amide bonds. The van der Waals surface area contributed by atoms with E-state index < -0.39 is 28.5 Å². The summed E-state index contributed by atoms with van der Waals surface area (Å²) in [6.45, 7) is 5.45. The lowest BCUT2D eigenvalue weighted by Crippen LogP contribution is -2.51. The maximum absolute atomic E-state index is 13.4. The number of nitrogens with one attached hydrogen (secondary N) is 1. The normalized spacial score (nSPS) is 12.2. The molecule has 2 aromatic rings. The van der Waals surface area contributed by atoms with E-state index in [1.165, 1.54) is 4.90 Å². The van der Waals surface area contributed by atoms with Crippen LogP contribution in [0.15, 0.2) is 48.5 Å². The molecule has 0 heterocycles. The van der Waals surface area contributed by atoms with Crippen LogP contribution in [0.4, 0.5) is 5.69 Å². The van der Waals surface area contributed by atoms with Crippen LogP contribution < -0.4 is 9.62 Å². The Balaban J connectivity index is 2.42. The van der Waals surface area contributed by atoms with E-state index in [2.05, 4.69) is 5.32 Å². The van der Waals surface area contributed by atoms with E-state index in [0.29, 0.717) is 23.7 Å². The summed E-state index contributed by atoms with van der Waals surface area (Å²) in [5, 5.41) is 3.23. The number of hydrogen-bond donors (Lipinski definition) is 1. The molecule has 32 heavy (non-hydrogen) atoms. The zero-order chi connectivity index (χ0) is 23.9. The Bertz CT molecular complexity index is 1060. The third-order valence-corrected chi connectivity index (χ3v) is 6.44. The van der Waals surface area contributed by atoms with Crippen molar-refractivity contribution in [1.82, 2.24) is 10.2 Å². The molecule has 0 aromatic heterocycles. The third-order valence-electron chi connectivity index (χ3n) is 5.08. The number of amides is 2. The van der Waals surface area contributed by atoms with Crippen molar-refractivity contribution in [3.05, 3.63) is 64.7 Å². The first-order valence-corrected chi connectivity index (χ1v) is 12.7. The molecule has 7 nitrogen and oxygen atoms in total. The summed E-state index contributed by atoms with van der Waals surface area (Å²) in [5.74, 6) is -0.803. The van der Waals surface area contributed by atoms with Crippen LogP contribution in [-0.2, 0) is 32.6 Å². The van der Waals surface area contributed by atoms with E-state index in [4.69, 9.17) is 11.6 Å². The van der Waals surface area contributed by atoms with Crippen LogP contribution in [0.5, 0.6) is 0 Å². The van der Waals surface area contributed by atoms with Crippen LogP contribution in [0.25, 0.3) is 0 Å². The molecule has 2 aromatic carbocycles. The van der Waals surface area contributed by atoms with Gasteiger partial charge >= 0.3 is 0 Å². The minimum atomic E-state index is -3.75. The van der Waals surface area contributed by atoms with Crippen molar-refractivity contribution in [1.29, 1.82) is 0 Å². The fraction of sp³-hybridized carbons (Fsp3) is 0.391. The summed E-state index contributed by atoms with van der Waals surface area (Å²) in [7, 11) is -3.75. The van der Waals surface area contributed by atoms with Gasteiger partial charge in [0.05, 0.1) is 11.9 Å². The van der Waals surface area contributed by atoms with Crippen LogP contribution >= 0.6 is 11.6 Å². The number of para-hydroxylation sites is 1. The number of carbonyl (C=O) groups excluding carboxylic acids is 2. The Hall–Kier alpha value is -2.58. The first kappa shape index (κ1) is 25.7. The molecule has 0 aliphatic heterocycles. The number of halogens is 1. The lowest BCUT2D eigenvalue weighted by atomic mass is 10.1. The second-order valence-electron chi connectivity index (χ2n) is 7.47. The van der Waals surface area contributed by atoms with E-state index in [9.17, 15) is 18.0 Å². The quantitative estimate of drug-likeness (QED) is 0.566. The first-order valence-electron chi connectivity index (χ1n) is 10.5. The fourth-order valence-corrected chi connectivity index (χ4v) is 4.48. The molecule has 0 saturated carbocycles. The smallest absolute Gasteiger partial charge is 0.244 e. The Morgan fingerprint density at radius 3 is 2.38 bits per heavy atom. The van der Waals surface area contributed by atoms with Crippen molar-refractivity contribution in [3.63, 3.8) is 0 Å². The van der Waals surface area contributed by atoms with Crippen molar-refractivity contribution in [2.75, 3.05) is 23.7 Å². The topological polar surface area (TPSA) is 86.8 Å². The van der Waals surface area contributed by atoms with Gasteiger partial charge in [0.15, 0.2) is 0 Å². The van der Waals surface area contributed by atoms with Crippen LogP contribution in [-0.4, -0.2) is 50.5 Å². The maximum atomic E-state index is 13.4. The van der Waals surface area contributed by atoms with E-state index in [0.717, 1.165) is 21.7 Å². The van der Waals surface area contributed by atoms with Crippen LogP contribution in [0, 0.1) is 0 Å². The number of rotatable bonds is 10. The zero-order valence-corrected chi connectivity index (χ0v) is 20.4. The lowest BCUT2D eigenvalue weighted by molar-refractivity contribution is -0.139. The summed E-state index contributed by atoms with van der Waals surface area (Å²) < 4.78 is 26.4. The molecule has 0 fully saturated rings. The van der Waals surface area contributed by atoms with Gasteiger partial charge in [0.25, 0.3) is 0 Å². The van der Waals surface area contributed by atoms with Gasteiger partial charge in [0.2, 0.25) is 21.8 Å². The molecule has 1 atom stereocenters. The predicted molar refractivity (Wildman–Crippen MR) is 128 cm³/mol. The monoisotopic (exact) mass is 479 g/mol. The maximum Gasteiger partial charge on any atom is 0.244 e. The summed E-state index contributed by atoms with van der Waals surface area (Å²) >= 11 is 6.09. The van der Waals surface area contributed by atoms with Gasteiger partial charge in [-0.15, -0.1) is 0 Å². The van der Waals surface area contributed by atoms with E-state index in [1.807, 2.05) is 19.1 Å². The molecule has 1 N–H and O–H groups in total. The minimum Gasteiger partial charge on any atom is -0.355 e. The van der Waals surface area contributed by atoms with Crippen molar-refractivity contribution in [2.24, 2.45) is 0 Å². The Morgan fingerprint density at radius 1 is 1.09 bits per heavy atom. The number of benzene rings is 2. The van der Waals surface area contributed by atoms with E-state index in [1.54, 1.807) is 50.2 Å². The molecule has 2 rings (SSSR count). The van der Waals surface area contributed by atoms with Crippen molar-refractivity contribution < 1.29 is 18.0 Å². The summed E-state index contributed by atoms with van der Waals surface area (Å²) in [6, 6.07) is 13.3. The van der Waals surface area contributed by atoms with Crippen molar-refractivity contribution in [2.45, 2.75) is 39.8 Å².